The average Bonchev–Trinajstić information content (AvgIpc) is 3.56. The summed E-state index contributed by atoms with van der Waals surface area (Å²) in [5, 5.41) is 10.6. The average molecular weight is 544 g/mol. The highest BCUT2D eigenvalue weighted by Crippen LogP contribution is 2.36. The minimum Gasteiger partial charge on any atom is -0.494 e. The van der Waals surface area contributed by atoms with Gasteiger partial charge < -0.3 is 14.7 Å². The lowest BCUT2D eigenvalue weighted by Crippen LogP contribution is -2.52. The number of ether oxygens (including phenoxy) is 1. The molecule has 2 aromatic carbocycles. The van der Waals surface area contributed by atoms with Crippen LogP contribution in [0.25, 0.3) is 10.4 Å². The van der Waals surface area contributed by atoms with Gasteiger partial charge in [-0.3, -0.25) is 9.69 Å². The second-order valence-corrected chi connectivity index (χ2v) is 11.3. The van der Waals surface area contributed by atoms with Gasteiger partial charge in [0, 0.05) is 30.4 Å². The number of hydrogen-bond donors (Lipinski definition) is 1. The predicted octanol–water partition coefficient (Wildman–Crippen LogP) is 5.99. The van der Waals surface area contributed by atoms with E-state index in [9.17, 15) is 9.18 Å². The number of anilines is 1. The Kier molecular flexibility index (Phi) is 8.27. The zero-order chi connectivity index (χ0) is 25.8. The number of aromatic nitrogens is 1. The van der Waals surface area contributed by atoms with E-state index < -0.39 is 5.97 Å². The molecule has 0 saturated carbocycles. The van der Waals surface area contributed by atoms with Crippen LogP contribution in [0.5, 0.6) is 5.75 Å². The SMILES string of the molecule is O=C(O)Cc1cc(Cl)cc(OCCC2CCN(c3ncc(-c4cccc(F)c4)s3)CC2N2CCCC2)c1. The largest absolute Gasteiger partial charge is 0.494 e. The smallest absolute Gasteiger partial charge is 0.307 e. The number of piperidine rings is 1. The minimum absolute atomic E-state index is 0.0793. The number of thiazole rings is 1. The number of benzene rings is 2. The van der Waals surface area contributed by atoms with Gasteiger partial charge in [0.2, 0.25) is 0 Å². The van der Waals surface area contributed by atoms with E-state index >= 15 is 0 Å². The Balaban J connectivity index is 1.23. The van der Waals surface area contributed by atoms with Gasteiger partial charge in [0.05, 0.1) is 17.9 Å². The molecule has 5 rings (SSSR count). The fourth-order valence-corrected chi connectivity index (χ4v) is 6.67. The molecule has 196 valence electrons. The molecule has 0 radical (unpaired) electrons. The first-order chi connectivity index (χ1) is 17.9. The van der Waals surface area contributed by atoms with Crippen molar-refractivity contribution >= 4 is 34.0 Å². The fourth-order valence-electron chi connectivity index (χ4n) is 5.47. The summed E-state index contributed by atoms with van der Waals surface area (Å²) in [7, 11) is 0. The summed E-state index contributed by atoms with van der Waals surface area (Å²) in [5.41, 5.74) is 1.50. The van der Waals surface area contributed by atoms with Crippen molar-refractivity contribution in [2.75, 3.05) is 37.7 Å². The topological polar surface area (TPSA) is 65.9 Å². The lowest BCUT2D eigenvalue weighted by atomic mass is 9.88. The number of hydrogen-bond acceptors (Lipinski definition) is 6. The van der Waals surface area contributed by atoms with Gasteiger partial charge in [-0.2, -0.15) is 0 Å². The molecule has 2 aliphatic heterocycles. The van der Waals surface area contributed by atoms with Crippen LogP contribution in [0, 0.1) is 11.7 Å². The highest BCUT2D eigenvalue weighted by Gasteiger charge is 2.35. The first kappa shape index (κ1) is 25.9. The first-order valence-corrected chi connectivity index (χ1v) is 14.0. The third-order valence-corrected chi connectivity index (χ3v) is 8.57. The van der Waals surface area contributed by atoms with E-state index in [0.717, 1.165) is 54.6 Å². The van der Waals surface area contributed by atoms with E-state index in [2.05, 4.69) is 9.80 Å². The molecule has 0 aliphatic carbocycles. The Hall–Kier alpha value is -2.68. The van der Waals surface area contributed by atoms with Crippen molar-refractivity contribution in [3.63, 3.8) is 0 Å². The summed E-state index contributed by atoms with van der Waals surface area (Å²) in [6.45, 7) is 4.64. The number of likely N-dealkylation sites (tertiary alicyclic amines) is 1. The first-order valence-electron chi connectivity index (χ1n) is 12.8. The Morgan fingerprint density at radius 1 is 1.19 bits per heavy atom. The van der Waals surface area contributed by atoms with E-state index in [0.29, 0.717) is 34.9 Å². The van der Waals surface area contributed by atoms with Crippen molar-refractivity contribution in [2.24, 2.45) is 5.92 Å². The Morgan fingerprint density at radius 3 is 2.81 bits per heavy atom. The maximum Gasteiger partial charge on any atom is 0.307 e. The summed E-state index contributed by atoms with van der Waals surface area (Å²) < 4.78 is 19.8. The van der Waals surface area contributed by atoms with E-state index in [4.69, 9.17) is 26.4 Å². The normalized spacial score (nSPS) is 20.3. The van der Waals surface area contributed by atoms with Gasteiger partial charge in [0.1, 0.15) is 11.6 Å². The minimum atomic E-state index is -0.892. The molecule has 1 aromatic heterocycles. The van der Waals surface area contributed by atoms with Gasteiger partial charge >= 0.3 is 5.97 Å². The number of carboxylic acid groups (broad SMARTS) is 1. The van der Waals surface area contributed by atoms with Crippen molar-refractivity contribution in [2.45, 2.75) is 38.1 Å². The maximum absolute atomic E-state index is 13.7. The molecular formula is C28H31ClFN3O3S. The molecule has 6 nitrogen and oxygen atoms in total. The molecule has 0 spiro atoms. The summed E-state index contributed by atoms with van der Waals surface area (Å²) in [6, 6.07) is 12.3. The van der Waals surface area contributed by atoms with Gasteiger partial charge in [-0.1, -0.05) is 35.1 Å². The number of halogens is 2. The standard InChI is InChI=1S/C28H31ClFN3O3S/c29-22-12-19(14-27(34)35)13-24(16-22)36-11-7-20-6-10-33(18-25(20)32-8-1-2-9-32)28-31-17-26(37-28)21-4-3-5-23(30)15-21/h3-5,12-13,15-17,20,25H,1-2,6-11,14,18H2,(H,34,35). The number of carboxylic acids is 1. The molecule has 3 heterocycles. The van der Waals surface area contributed by atoms with Crippen LogP contribution in [-0.2, 0) is 11.2 Å². The van der Waals surface area contributed by atoms with E-state index in [-0.39, 0.29) is 12.2 Å². The van der Waals surface area contributed by atoms with E-state index in [1.54, 1.807) is 41.7 Å². The lowest BCUT2D eigenvalue weighted by molar-refractivity contribution is -0.136. The molecule has 3 aromatic rings. The van der Waals surface area contributed by atoms with Crippen molar-refractivity contribution in [3.8, 4) is 16.2 Å². The van der Waals surface area contributed by atoms with Crippen LogP contribution < -0.4 is 9.64 Å². The number of carbonyl (C=O) groups is 1. The summed E-state index contributed by atoms with van der Waals surface area (Å²) in [5.74, 6) is -0.0153. The van der Waals surface area contributed by atoms with Gasteiger partial charge in [-0.25, -0.2) is 9.37 Å². The molecule has 9 heteroatoms. The predicted molar refractivity (Wildman–Crippen MR) is 145 cm³/mol. The molecule has 2 atom stereocenters. The van der Waals surface area contributed by atoms with Crippen LogP contribution in [0.15, 0.2) is 48.7 Å². The molecule has 37 heavy (non-hydrogen) atoms. The Labute approximate surface area is 225 Å². The lowest BCUT2D eigenvalue weighted by Gasteiger charge is -2.43. The molecule has 0 amide bonds. The Morgan fingerprint density at radius 2 is 2.03 bits per heavy atom. The summed E-state index contributed by atoms with van der Waals surface area (Å²) in [6.07, 6.45) is 6.19. The van der Waals surface area contributed by atoms with Crippen LogP contribution in [0.2, 0.25) is 5.02 Å². The van der Waals surface area contributed by atoms with Gasteiger partial charge in [-0.05, 0) is 86.1 Å². The van der Waals surface area contributed by atoms with Gasteiger partial charge in [-0.15, -0.1) is 0 Å². The monoisotopic (exact) mass is 543 g/mol. The molecule has 0 bridgehead atoms. The van der Waals surface area contributed by atoms with Crippen molar-refractivity contribution < 1.29 is 19.0 Å². The second kappa shape index (κ2) is 11.8. The number of aliphatic carboxylic acids is 1. The highest BCUT2D eigenvalue weighted by atomic mass is 35.5. The van der Waals surface area contributed by atoms with Crippen molar-refractivity contribution in [3.05, 3.63) is 65.1 Å². The van der Waals surface area contributed by atoms with Crippen LogP contribution in [0.4, 0.5) is 9.52 Å². The van der Waals surface area contributed by atoms with Gasteiger partial charge in [0.25, 0.3) is 0 Å². The van der Waals surface area contributed by atoms with Crippen molar-refractivity contribution in [1.29, 1.82) is 0 Å². The highest BCUT2D eigenvalue weighted by molar-refractivity contribution is 7.18. The zero-order valence-corrected chi connectivity index (χ0v) is 22.2. The third-order valence-electron chi connectivity index (χ3n) is 7.25. The van der Waals surface area contributed by atoms with Gasteiger partial charge in [0.15, 0.2) is 5.13 Å². The molecular weight excluding hydrogens is 513 g/mol. The van der Waals surface area contributed by atoms with Crippen LogP contribution in [0.1, 0.15) is 31.2 Å². The van der Waals surface area contributed by atoms with Crippen molar-refractivity contribution in [1.82, 2.24) is 9.88 Å². The maximum atomic E-state index is 13.7. The van der Waals surface area contributed by atoms with E-state index in [1.807, 2.05) is 12.3 Å². The second-order valence-electron chi connectivity index (χ2n) is 9.83. The third kappa shape index (κ3) is 6.61. The molecule has 1 N–H and O–H groups in total. The Bertz CT molecular complexity index is 1230. The number of rotatable bonds is 9. The van der Waals surface area contributed by atoms with Crippen LogP contribution >= 0.6 is 22.9 Å². The summed E-state index contributed by atoms with van der Waals surface area (Å²) >= 11 is 7.80. The zero-order valence-electron chi connectivity index (χ0n) is 20.6. The molecule has 2 aliphatic rings. The molecule has 2 unspecified atom stereocenters. The fraction of sp³-hybridized carbons (Fsp3) is 0.429. The molecule has 2 saturated heterocycles. The quantitative estimate of drug-likeness (QED) is 0.357. The molecule has 2 fully saturated rings. The van der Waals surface area contributed by atoms with Crippen LogP contribution in [0.3, 0.4) is 0 Å². The van der Waals surface area contributed by atoms with Crippen LogP contribution in [-0.4, -0.2) is 59.8 Å². The number of nitrogens with zero attached hydrogens (tertiary/aromatic N) is 3. The summed E-state index contributed by atoms with van der Waals surface area (Å²) in [4.78, 5) is 21.7. The van der Waals surface area contributed by atoms with E-state index in [1.165, 1.54) is 18.9 Å².